The van der Waals surface area contributed by atoms with Gasteiger partial charge in [0.05, 0.1) is 5.69 Å². The van der Waals surface area contributed by atoms with Gasteiger partial charge in [0.2, 0.25) is 0 Å². The molecule has 0 atom stereocenters. The normalized spacial score (nSPS) is 13.8. The van der Waals surface area contributed by atoms with Crippen LogP contribution in [-0.4, -0.2) is 32.0 Å². The summed E-state index contributed by atoms with van der Waals surface area (Å²) in [5.41, 5.74) is 2.09. The van der Waals surface area contributed by atoms with Crippen molar-refractivity contribution < 1.29 is 13.2 Å². The Morgan fingerprint density at radius 2 is 2.04 bits per heavy atom. The third-order valence-electron chi connectivity index (χ3n) is 4.18. The molecule has 1 N–H and O–H groups in total. The molecule has 0 saturated heterocycles. The maximum atomic E-state index is 13.0. The zero-order chi connectivity index (χ0) is 17.3. The van der Waals surface area contributed by atoms with Gasteiger partial charge in [-0.25, -0.2) is 8.42 Å². The molecule has 0 unspecified atom stereocenters. The van der Waals surface area contributed by atoms with E-state index < -0.39 is 10.0 Å². The summed E-state index contributed by atoms with van der Waals surface area (Å²) in [6.07, 6.45) is 3.02. The molecule has 1 amide bonds. The number of carbonyl (C=O) groups excluding carboxylic acids is 1. The Labute approximate surface area is 142 Å². The van der Waals surface area contributed by atoms with Crippen LogP contribution < -0.4 is 9.62 Å². The van der Waals surface area contributed by atoms with Gasteiger partial charge >= 0.3 is 0 Å². The first-order valence-corrected chi connectivity index (χ1v) is 9.44. The number of hydrogen-bond acceptors (Lipinski definition) is 3. The van der Waals surface area contributed by atoms with Crippen LogP contribution in [0.1, 0.15) is 29.4 Å². The lowest BCUT2D eigenvalue weighted by Crippen LogP contribution is -2.28. The monoisotopic (exact) mass is 347 g/mol. The molecule has 128 valence electrons. The van der Waals surface area contributed by atoms with Gasteiger partial charge in [-0.05, 0) is 30.5 Å². The smallest absolute Gasteiger partial charge is 0.267 e. The van der Waals surface area contributed by atoms with Crippen molar-refractivity contribution >= 4 is 21.6 Å². The molecule has 0 bridgehead atoms. The minimum atomic E-state index is -3.68. The highest BCUT2D eigenvalue weighted by Crippen LogP contribution is 2.33. The third kappa shape index (κ3) is 2.80. The topological polar surface area (TPSA) is 71.4 Å². The molecule has 1 aliphatic rings. The minimum absolute atomic E-state index is 0.142. The van der Waals surface area contributed by atoms with Crippen molar-refractivity contribution in [2.24, 2.45) is 7.05 Å². The standard InChI is InChI=1S/C17H21N3O3S/c1-3-9-18-17(21)16-11-14(12-19(16)2)24(22,23)20-10-8-13-6-4-5-7-15(13)20/h4-7,11-12H,3,8-10H2,1-2H3,(H,18,21). The minimum Gasteiger partial charge on any atom is -0.351 e. The van der Waals surface area contributed by atoms with E-state index in [1.54, 1.807) is 11.6 Å². The zero-order valence-electron chi connectivity index (χ0n) is 13.8. The predicted molar refractivity (Wildman–Crippen MR) is 92.7 cm³/mol. The van der Waals surface area contributed by atoms with E-state index in [0.717, 1.165) is 17.7 Å². The van der Waals surface area contributed by atoms with Crippen LogP contribution in [0.4, 0.5) is 5.69 Å². The predicted octanol–water partition coefficient (Wildman–Crippen LogP) is 1.92. The largest absolute Gasteiger partial charge is 0.351 e. The maximum Gasteiger partial charge on any atom is 0.267 e. The van der Waals surface area contributed by atoms with Crippen molar-refractivity contribution in [1.82, 2.24) is 9.88 Å². The molecule has 7 heteroatoms. The highest BCUT2D eigenvalue weighted by Gasteiger charge is 2.32. The average molecular weight is 347 g/mol. The van der Waals surface area contributed by atoms with Gasteiger partial charge in [0, 0.05) is 26.3 Å². The van der Waals surface area contributed by atoms with E-state index in [9.17, 15) is 13.2 Å². The Morgan fingerprint density at radius 3 is 2.79 bits per heavy atom. The number of nitrogens with zero attached hydrogens (tertiary/aromatic N) is 2. The van der Waals surface area contributed by atoms with E-state index in [2.05, 4.69) is 5.32 Å². The number of benzene rings is 1. The molecular formula is C17H21N3O3S. The zero-order valence-corrected chi connectivity index (χ0v) is 14.6. The number of carbonyl (C=O) groups is 1. The lowest BCUT2D eigenvalue weighted by atomic mass is 10.2. The van der Waals surface area contributed by atoms with E-state index >= 15 is 0 Å². The van der Waals surface area contributed by atoms with Crippen molar-refractivity contribution in [3.63, 3.8) is 0 Å². The van der Waals surface area contributed by atoms with Gasteiger partial charge in [-0.2, -0.15) is 0 Å². The number of aromatic nitrogens is 1. The van der Waals surface area contributed by atoms with Crippen LogP contribution in [0, 0.1) is 0 Å². The van der Waals surface area contributed by atoms with Gasteiger partial charge in [-0.15, -0.1) is 0 Å². The summed E-state index contributed by atoms with van der Waals surface area (Å²) in [5.74, 6) is -0.261. The fourth-order valence-electron chi connectivity index (χ4n) is 2.91. The number of aryl methyl sites for hydroxylation is 1. The molecule has 3 rings (SSSR count). The number of nitrogens with one attached hydrogen (secondary N) is 1. The van der Waals surface area contributed by atoms with Crippen molar-refractivity contribution in [2.75, 3.05) is 17.4 Å². The molecule has 1 aromatic heterocycles. The Hall–Kier alpha value is -2.28. The van der Waals surface area contributed by atoms with Crippen LogP contribution in [0.3, 0.4) is 0 Å². The third-order valence-corrected chi connectivity index (χ3v) is 5.96. The summed E-state index contributed by atoms with van der Waals surface area (Å²) < 4.78 is 28.9. The number of para-hydroxylation sites is 1. The number of amides is 1. The Morgan fingerprint density at radius 1 is 1.29 bits per heavy atom. The van der Waals surface area contributed by atoms with Gasteiger partial charge in [0.15, 0.2) is 0 Å². The second kappa shape index (κ2) is 6.32. The first-order chi connectivity index (χ1) is 11.4. The van der Waals surface area contributed by atoms with Crippen LogP contribution in [0.2, 0.25) is 0 Å². The van der Waals surface area contributed by atoms with Crippen LogP contribution in [0.25, 0.3) is 0 Å². The van der Waals surface area contributed by atoms with E-state index in [4.69, 9.17) is 0 Å². The summed E-state index contributed by atoms with van der Waals surface area (Å²) in [6.45, 7) is 2.95. The summed E-state index contributed by atoms with van der Waals surface area (Å²) in [7, 11) is -2.00. The molecule has 0 spiro atoms. The van der Waals surface area contributed by atoms with E-state index in [1.165, 1.54) is 16.6 Å². The summed E-state index contributed by atoms with van der Waals surface area (Å²) >= 11 is 0. The van der Waals surface area contributed by atoms with Crippen LogP contribution in [0.5, 0.6) is 0 Å². The highest BCUT2D eigenvalue weighted by atomic mass is 32.2. The summed E-state index contributed by atoms with van der Waals surface area (Å²) in [4.78, 5) is 12.3. The first kappa shape index (κ1) is 16.6. The Bertz CT molecular complexity index is 871. The van der Waals surface area contributed by atoms with Crippen molar-refractivity contribution in [1.29, 1.82) is 0 Å². The molecule has 1 aliphatic heterocycles. The first-order valence-electron chi connectivity index (χ1n) is 8.00. The molecule has 0 aliphatic carbocycles. The SMILES string of the molecule is CCCNC(=O)c1cc(S(=O)(=O)N2CCc3ccccc32)cn1C. The van der Waals surface area contributed by atoms with Gasteiger partial charge < -0.3 is 9.88 Å². The van der Waals surface area contributed by atoms with Gasteiger partial charge in [-0.3, -0.25) is 9.10 Å². The molecule has 0 saturated carbocycles. The van der Waals surface area contributed by atoms with E-state index in [1.807, 2.05) is 31.2 Å². The Kier molecular flexibility index (Phi) is 4.36. The number of hydrogen-bond donors (Lipinski definition) is 1. The quantitative estimate of drug-likeness (QED) is 0.898. The van der Waals surface area contributed by atoms with Crippen molar-refractivity contribution in [2.45, 2.75) is 24.7 Å². The Balaban J connectivity index is 1.93. The van der Waals surface area contributed by atoms with Gasteiger partial charge in [0.1, 0.15) is 10.6 Å². The fourth-order valence-corrected chi connectivity index (χ4v) is 4.49. The molecule has 0 radical (unpaired) electrons. The van der Waals surface area contributed by atoms with Gasteiger partial charge in [-0.1, -0.05) is 25.1 Å². The maximum absolute atomic E-state index is 13.0. The fraction of sp³-hybridized carbons (Fsp3) is 0.353. The van der Waals surface area contributed by atoms with Crippen LogP contribution in [-0.2, 0) is 23.5 Å². The molecule has 6 nitrogen and oxygen atoms in total. The van der Waals surface area contributed by atoms with Crippen molar-refractivity contribution in [3.05, 3.63) is 47.8 Å². The summed E-state index contributed by atoms with van der Waals surface area (Å²) in [6, 6.07) is 8.95. The lowest BCUT2D eigenvalue weighted by molar-refractivity contribution is 0.0945. The molecule has 2 aromatic rings. The molecule has 0 fully saturated rings. The molecule has 2 heterocycles. The molecule has 24 heavy (non-hydrogen) atoms. The molecule has 1 aromatic carbocycles. The van der Waals surface area contributed by atoms with E-state index in [-0.39, 0.29) is 10.8 Å². The second-order valence-electron chi connectivity index (χ2n) is 5.88. The molecular weight excluding hydrogens is 326 g/mol. The van der Waals surface area contributed by atoms with Crippen LogP contribution >= 0.6 is 0 Å². The number of rotatable bonds is 5. The average Bonchev–Trinajstić information content (AvgIpc) is 3.17. The van der Waals surface area contributed by atoms with E-state index in [0.29, 0.717) is 25.2 Å². The number of sulfonamides is 1. The number of fused-ring (bicyclic) bond motifs is 1. The second-order valence-corrected chi connectivity index (χ2v) is 7.75. The number of anilines is 1. The van der Waals surface area contributed by atoms with Crippen LogP contribution in [0.15, 0.2) is 41.4 Å². The van der Waals surface area contributed by atoms with Gasteiger partial charge in [0.25, 0.3) is 15.9 Å². The highest BCUT2D eigenvalue weighted by molar-refractivity contribution is 7.92. The lowest BCUT2D eigenvalue weighted by Gasteiger charge is -2.18. The van der Waals surface area contributed by atoms with Crippen molar-refractivity contribution in [3.8, 4) is 0 Å². The summed E-state index contributed by atoms with van der Waals surface area (Å²) in [5, 5.41) is 2.77.